The summed E-state index contributed by atoms with van der Waals surface area (Å²) in [7, 11) is 0. The van der Waals surface area contributed by atoms with Crippen molar-refractivity contribution in [2.75, 3.05) is 0 Å². The van der Waals surface area contributed by atoms with Crippen molar-refractivity contribution in [1.82, 2.24) is 4.98 Å². The predicted molar refractivity (Wildman–Crippen MR) is 79.4 cm³/mol. The Morgan fingerprint density at radius 3 is 2.18 bits per heavy atom. The van der Waals surface area contributed by atoms with Crippen LogP contribution in [0.5, 0.6) is 0 Å². The summed E-state index contributed by atoms with van der Waals surface area (Å²) in [5, 5.41) is 0. The van der Waals surface area contributed by atoms with Crippen molar-refractivity contribution in [1.29, 1.82) is 0 Å². The van der Waals surface area contributed by atoms with E-state index in [1.165, 1.54) is 16.0 Å². The van der Waals surface area contributed by atoms with Gasteiger partial charge in [0.1, 0.15) is 0 Å². The molecule has 1 aromatic carbocycles. The lowest BCUT2D eigenvalue weighted by Crippen LogP contribution is -2.04. The molecule has 5 heteroatoms. The van der Waals surface area contributed by atoms with Gasteiger partial charge in [-0.3, -0.25) is 0 Å². The van der Waals surface area contributed by atoms with E-state index < -0.39 is 0 Å². The molecule has 1 unspecified atom stereocenters. The topological polar surface area (TPSA) is 38.9 Å². The molecule has 1 heterocycles. The zero-order valence-electron chi connectivity index (χ0n) is 9.71. The summed E-state index contributed by atoms with van der Waals surface area (Å²) in [4.78, 5) is 5.49. The van der Waals surface area contributed by atoms with Crippen molar-refractivity contribution < 1.29 is 0 Å². The van der Waals surface area contributed by atoms with E-state index in [0.29, 0.717) is 0 Å². The van der Waals surface area contributed by atoms with Crippen LogP contribution in [0.1, 0.15) is 24.2 Å². The van der Waals surface area contributed by atoms with E-state index in [4.69, 9.17) is 5.73 Å². The van der Waals surface area contributed by atoms with Crippen LogP contribution in [0.3, 0.4) is 0 Å². The van der Waals surface area contributed by atoms with Crippen molar-refractivity contribution in [3.63, 3.8) is 0 Å². The number of aryl methyl sites for hydroxylation is 1. The molecule has 2 N–H and O–H groups in total. The Kier molecular flexibility index (Phi) is 6.72. The molecule has 0 saturated heterocycles. The third-order valence-corrected chi connectivity index (χ3v) is 3.42. The van der Waals surface area contributed by atoms with Gasteiger partial charge >= 0.3 is 0 Å². The van der Waals surface area contributed by atoms with Crippen molar-refractivity contribution in [3.05, 3.63) is 41.0 Å². The van der Waals surface area contributed by atoms with Crippen LogP contribution in [-0.2, 0) is 0 Å². The normalized spacial score (nSPS) is 11.2. The summed E-state index contributed by atoms with van der Waals surface area (Å²) < 4.78 is 0. The fraction of sp³-hybridized carbons (Fsp3) is 0.250. The van der Waals surface area contributed by atoms with Gasteiger partial charge in [-0.05, 0) is 25.0 Å². The Morgan fingerprint density at radius 1 is 1.18 bits per heavy atom. The molecule has 2 nitrogen and oxygen atoms in total. The fourth-order valence-electron chi connectivity index (χ4n) is 1.52. The summed E-state index contributed by atoms with van der Waals surface area (Å²) in [6, 6.07) is 8.48. The minimum atomic E-state index is 0. The SMILES string of the molecule is Cc1ncsc1-c1ccc(C(C)N)cc1.Cl.Cl. The number of rotatable bonds is 2. The minimum absolute atomic E-state index is 0. The molecule has 1 aromatic heterocycles. The average molecular weight is 291 g/mol. The van der Waals surface area contributed by atoms with E-state index in [-0.39, 0.29) is 30.9 Å². The number of aromatic nitrogens is 1. The van der Waals surface area contributed by atoms with Gasteiger partial charge in [-0.1, -0.05) is 24.3 Å². The van der Waals surface area contributed by atoms with E-state index in [1.807, 2.05) is 19.4 Å². The fourth-order valence-corrected chi connectivity index (χ4v) is 2.33. The summed E-state index contributed by atoms with van der Waals surface area (Å²) >= 11 is 1.67. The maximum absolute atomic E-state index is 5.80. The lowest BCUT2D eigenvalue weighted by Gasteiger charge is -2.06. The van der Waals surface area contributed by atoms with Crippen LogP contribution < -0.4 is 5.73 Å². The number of nitrogens with two attached hydrogens (primary N) is 1. The third kappa shape index (κ3) is 3.68. The van der Waals surface area contributed by atoms with Gasteiger partial charge in [-0.25, -0.2) is 4.98 Å². The van der Waals surface area contributed by atoms with Crippen LogP contribution in [0.2, 0.25) is 0 Å². The molecule has 2 aromatic rings. The van der Waals surface area contributed by atoms with E-state index in [2.05, 4.69) is 29.2 Å². The summed E-state index contributed by atoms with van der Waals surface area (Å²) in [6.07, 6.45) is 0. The quantitative estimate of drug-likeness (QED) is 0.909. The maximum atomic E-state index is 5.80. The maximum Gasteiger partial charge on any atom is 0.0801 e. The number of nitrogens with zero attached hydrogens (tertiary/aromatic N) is 1. The number of hydrogen-bond acceptors (Lipinski definition) is 3. The van der Waals surface area contributed by atoms with Crippen molar-refractivity contribution in [2.45, 2.75) is 19.9 Å². The molecule has 17 heavy (non-hydrogen) atoms. The van der Waals surface area contributed by atoms with Gasteiger partial charge in [-0.2, -0.15) is 0 Å². The van der Waals surface area contributed by atoms with E-state index >= 15 is 0 Å². The number of benzene rings is 1. The molecule has 94 valence electrons. The van der Waals surface area contributed by atoms with E-state index in [1.54, 1.807) is 11.3 Å². The lowest BCUT2D eigenvalue weighted by atomic mass is 10.1. The predicted octanol–water partition coefficient (Wildman–Crippen LogP) is 3.98. The molecule has 0 saturated carbocycles. The van der Waals surface area contributed by atoms with Crippen LogP contribution in [0.25, 0.3) is 10.4 Å². The summed E-state index contributed by atoms with van der Waals surface area (Å²) in [5.41, 5.74) is 11.2. The van der Waals surface area contributed by atoms with Gasteiger partial charge < -0.3 is 5.73 Å². The molecule has 1 atom stereocenters. The number of halogens is 2. The zero-order chi connectivity index (χ0) is 10.8. The molecule has 0 bridgehead atoms. The Morgan fingerprint density at radius 2 is 1.76 bits per heavy atom. The Balaban J connectivity index is 0.00000128. The van der Waals surface area contributed by atoms with Crippen LogP contribution in [0.4, 0.5) is 0 Å². The first-order chi connectivity index (χ1) is 7.18. The second-order valence-electron chi connectivity index (χ2n) is 3.68. The van der Waals surface area contributed by atoms with E-state index in [9.17, 15) is 0 Å². The lowest BCUT2D eigenvalue weighted by molar-refractivity contribution is 0.818. The molecular weight excluding hydrogens is 275 g/mol. The van der Waals surface area contributed by atoms with Gasteiger partial charge in [0, 0.05) is 6.04 Å². The first-order valence-corrected chi connectivity index (χ1v) is 5.82. The van der Waals surface area contributed by atoms with Crippen LogP contribution >= 0.6 is 36.2 Å². The molecule has 0 aliphatic heterocycles. The Hall–Kier alpha value is -0.610. The van der Waals surface area contributed by atoms with Crippen molar-refractivity contribution in [3.8, 4) is 10.4 Å². The molecule has 0 fully saturated rings. The second-order valence-corrected chi connectivity index (χ2v) is 4.53. The molecule has 0 amide bonds. The van der Waals surface area contributed by atoms with Crippen molar-refractivity contribution >= 4 is 36.2 Å². The largest absolute Gasteiger partial charge is 0.324 e. The van der Waals surface area contributed by atoms with Crippen LogP contribution in [0.15, 0.2) is 29.8 Å². The third-order valence-electron chi connectivity index (χ3n) is 2.44. The second kappa shape index (κ2) is 6.97. The smallest absolute Gasteiger partial charge is 0.0801 e. The Labute approximate surface area is 118 Å². The van der Waals surface area contributed by atoms with Gasteiger partial charge in [-0.15, -0.1) is 36.2 Å². The molecule has 2 rings (SSSR count). The first kappa shape index (κ1) is 16.4. The molecule has 0 radical (unpaired) electrons. The molecule has 0 aliphatic carbocycles. The standard InChI is InChI=1S/C12H14N2S.2ClH/c1-8(13)10-3-5-11(6-4-10)12-9(2)14-7-15-12;;/h3-8H,13H2,1-2H3;2*1H. The van der Waals surface area contributed by atoms with Gasteiger partial charge in [0.25, 0.3) is 0 Å². The monoisotopic (exact) mass is 290 g/mol. The molecule has 0 spiro atoms. The van der Waals surface area contributed by atoms with Gasteiger partial charge in [0.15, 0.2) is 0 Å². The van der Waals surface area contributed by atoms with Crippen molar-refractivity contribution in [2.24, 2.45) is 5.73 Å². The highest BCUT2D eigenvalue weighted by Crippen LogP contribution is 2.27. The highest BCUT2D eigenvalue weighted by molar-refractivity contribution is 7.13. The zero-order valence-corrected chi connectivity index (χ0v) is 12.2. The van der Waals surface area contributed by atoms with Crippen LogP contribution in [-0.4, -0.2) is 4.98 Å². The van der Waals surface area contributed by atoms with Crippen LogP contribution in [0, 0.1) is 6.92 Å². The number of thiazole rings is 1. The number of hydrogen-bond donors (Lipinski definition) is 1. The molecule has 0 aliphatic rings. The minimum Gasteiger partial charge on any atom is -0.324 e. The molecular formula is C12H16Cl2N2S. The average Bonchev–Trinajstić information content (AvgIpc) is 2.65. The Bertz CT molecular complexity index is 452. The summed E-state index contributed by atoms with van der Waals surface area (Å²) in [6.45, 7) is 4.03. The van der Waals surface area contributed by atoms with E-state index in [0.717, 1.165) is 5.69 Å². The van der Waals surface area contributed by atoms with Gasteiger partial charge in [0.2, 0.25) is 0 Å². The highest BCUT2D eigenvalue weighted by atomic mass is 35.5. The highest BCUT2D eigenvalue weighted by Gasteiger charge is 2.05. The summed E-state index contributed by atoms with van der Waals surface area (Å²) in [5.74, 6) is 0. The first-order valence-electron chi connectivity index (χ1n) is 4.94. The van der Waals surface area contributed by atoms with Gasteiger partial charge in [0.05, 0.1) is 16.1 Å².